The Labute approximate surface area is 149 Å². The van der Waals surface area contributed by atoms with Crippen LogP contribution in [0.4, 0.5) is 0 Å². The molecule has 142 valence electrons. The number of cyclic esters (lactones) is 1. The average Bonchev–Trinajstić information content (AvgIpc) is 2.49. The number of esters is 1. The van der Waals surface area contributed by atoms with E-state index in [2.05, 4.69) is 34.6 Å². The first-order valence-corrected chi connectivity index (χ1v) is 10.0. The molecule has 0 aromatic rings. The molecular formula is C21H40O3. The van der Waals surface area contributed by atoms with Crippen molar-refractivity contribution in [3.05, 3.63) is 0 Å². The normalized spacial score (nSPS) is 37.9. The van der Waals surface area contributed by atoms with Crippen molar-refractivity contribution >= 4 is 5.97 Å². The molecule has 24 heavy (non-hydrogen) atoms. The number of hydrogen-bond donors (Lipinski definition) is 0. The maximum absolute atomic E-state index is 12.6. The minimum Gasteiger partial charge on any atom is -0.462 e. The van der Waals surface area contributed by atoms with Crippen molar-refractivity contribution < 1.29 is 14.3 Å². The van der Waals surface area contributed by atoms with E-state index in [9.17, 15) is 4.79 Å². The first-order chi connectivity index (χ1) is 11.3. The van der Waals surface area contributed by atoms with Crippen LogP contribution in [0.5, 0.6) is 0 Å². The third-order valence-electron chi connectivity index (χ3n) is 5.79. The van der Waals surface area contributed by atoms with Crippen LogP contribution in [0.2, 0.25) is 0 Å². The lowest BCUT2D eigenvalue weighted by molar-refractivity contribution is -0.159. The molecule has 0 spiro atoms. The van der Waals surface area contributed by atoms with Gasteiger partial charge in [0.05, 0.1) is 12.0 Å². The fraction of sp³-hybridized carbons (Fsp3) is 0.952. The number of rotatable bonds is 4. The third-order valence-corrected chi connectivity index (χ3v) is 5.79. The lowest BCUT2D eigenvalue weighted by Gasteiger charge is -2.33. The molecule has 0 bridgehead atoms. The lowest BCUT2D eigenvalue weighted by atomic mass is 9.82. The standard InChI is InChI=1S/C21H40O3/c1-8-9-16(4)20-13-19(23-7)17(5)11-14(2)10-15(3)12-18(6)21(22)24-20/h14-20H,8-13H2,1-7H3/t14?,15?,16-,17?,18+,19?,20?/m0/s1. The summed E-state index contributed by atoms with van der Waals surface area (Å²) < 4.78 is 11.8. The van der Waals surface area contributed by atoms with Gasteiger partial charge >= 0.3 is 5.97 Å². The molecule has 3 heteroatoms. The molecule has 1 aliphatic heterocycles. The van der Waals surface area contributed by atoms with E-state index in [1.807, 2.05) is 6.92 Å². The van der Waals surface area contributed by atoms with Gasteiger partial charge in [-0.25, -0.2) is 0 Å². The summed E-state index contributed by atoms with van der Waals surface area (Å²) in [6, 6.07) is 0. The highest BCUT2D eigenvalue weighted by atomic mass is 16.5. The van der Waals surface area contributed by atoms with Crippen molar-refractivity contribution in [3.8, 4) is 0 Å². The average molecular weight is 341 g/mol. The van der Waals surface area contributed by atoms with Crippen LogP contribution in [0, 0.1) is 29.6 Å². The van der Waals surface area contributed by atoms with E-state index in [1.54, 1.807) is 7.11 Å². The maximum Gasteiger partial charge on any atom is 0.308 e. The Bertz CT molecular complexity index is 368. The number of carbonyl (C=O) groups excluding carboxylic acids is 1. The van der Waals surface area contributed by atoms with Crippen LogP contribution >= 0.6 is 0 Å². The van der Waals surface area contributed by atoms with Gasteiger partial charge in [0.2, 0.25) is 0 Å². The van der Waals surface area contributed by atoms with Crippen LogP contribution in [0.25, 0.3) is 0 Å². The van der Waals surface area contributed by atoms with E-state index in [0.717, 1.165) is 25.7 Å². The van der Waals surface area contributed by atoms with E-state index in [0.29, 0.717) is 23.7 Å². The SMILES string of the molecule is CCC[C@H](C)C1CC(OC)C(C)CC(C)CC(C)C[C@@H](C)C(=O)O1. The summed E-state index contributed by atoms with van der Waals surface area (Å²) in [7, 11) is 1.80. The fourth-order valence-corrected chi connectivity index (χ4v) is 4.46. The van der Waals surface area contributed by atoms with Gasteiger partial charge in [-0.05, 0) is 49.4 Å². The summed E-state index contributed by atoms with van der Waals surface area (Å²) in [6.45, 7) is 13.3. The second kappa shape index (κ2) is 10.4. The Balaban J connectivity index is 2.97. The molecule has 1 saturated heterocycles. The summed E-state index contributed by atoms with van der Waals surface area (Å²) >= 11 is 0. The Hall–Kier alpha value is -0.570. The molecule has 0 N–H and O–H groups in total. The van der Waals surface area contributed by atoms with Crippen molar-refractivity contribution in [2.45, 2.75) is 92.3 Å². The topological polar surface area (TPSA) is 35.5 Å². The first kappa shape index (κ1) is 21.5. The van der Waals surface area contributed by atoms with Gasteiger partial charge in [-0.1, -0.05) is 48.0 Å². The summed E-state index contributed by atoms with van der Waals surface area (Å²) in [5.41, 5.74) is 0. The van der Waals surface area contributed by atoms with Gasteiger partial charge in [0, 0.05) is 13.5 Å². The summed E-state index contributed by atoms with van der Waals surface area (Å²) in [5, 5.41) is 0. The van der Waals surface area contributed by atoms with Crippen molar-refractivity contribution in [1.82, 2.24) is 0 Å². The maximum atomic E-state index is 12.6. The summed E-state index contributed by atoms with van der Waals surface area (Å²) in [4.78, 5) is 12.6. The second-order valence-corrected chi connectivity index (χ2v) is 8.55. The van der Waals surface area contributed by atoms with Gasteiger partial charge < -0.3 is 9.47 Å². The van der Waals surface area contributed by atoms with Crippen molar-refractivity contribution in [2.75, 3.05) is 7.11 Å². The predicted octanol–water partition coefficient (Wildman–Crippen LogP) is 5.47. The number of ether oxygens (including phenoxy) is 2. The van der Waals surface area contributed by atoms with Gasteiger partial charge in [-0.3, -0.25) is 4.79 Å². The lowest BCUT2D eigenvalue weighted by Crippen LogP contribution is -2.36. The summed E-state index contributed by atoms with van der Waals surface area (Å²) in [5.74, 6) is 2.06. The molecular weight excluding hydrogens is 300 g/mol. The fourth-order valence-electron chi connectivity index (χ4n) is 4.46. The largest absolute Gasteiger partial charge is 0.462 e. The molecule has 7 atom stereocenters. The molecule has 5 unspecified atom stereocenters. The van der Waals surface area contributed by atoms with Gasteiger partial charge in [0.15, 0.2) is 0 Å². The monoisotopic (exact) mass is 340 g/mol. The highest BCUT2D eigenvalue weighted by Gasteiger charge is 2.31. The van der Waals surface area contributed by atoms with Crippen LogP contribution in [0.1, 0.15) is 80.1 Å². The van der Waals surface area contributed by atoms with E-state index >= 15 is 0 Å². The van der Waals surface area contributed by atoms with Crippen molar-refractivity contribution in [3.63, 3.8) is 0 Å². The Morgan fingerprint density at radius 1 is 1.08 bits per heavy atom. The van der Waals surface area contributed by atoms with Crippen LogP contribution in [-0.4, -0.2) is 25.3 Å². The molecule has 0 aliphatic carbocycles. The van der Waals surface area contributed by atoms with Gasteiger partial charge in [0.25, 0.3) is 0 Å². The van der Waals surface area contributed by atoms with Crippen LogP contribution < -0.4 is 0 Å². The Kier molecular flexibility index (Phi) is 9.33. The first-order valence-electron chi connectivity index (χ1n) is 10.0. The zero-order chi connectivity index (χ0) is 18.3. The number of carbonyl (C=O) groups is 1. The smallest absolute Gasteiger partial charge is 0.308 e. The second-order valence-electron chi connectivity index (χ2n) is 8.55. The van der Waals surface area contributed by atoms with Gasteiger partial charge in [0.1, 0.15) is 6.10 Å². The highest BCUT2D eigenvalue weighted by Crippen LogP contribution is 2.31. The zero-order valence-corrected chi connectivity index (χ0v) is 17.0. The van der Waals surface area contributed by atoms with E-state index in [-0.39, 0.29) is 24.1 Å². The molecule has 0 amide bonds. The molecule has 0 aromatic heterocycles. The van der Waals surface area contributed by atoms with E-state index in [4.69, 9.17) is 9.47 Å². The van der Waals surface area contributed by atoms with Gasteiger partial charge in [-0.15, -0.1) is 0 Å². The van der Waals surface area contributed by atoms with Crippen LogP contribution in [0.3, 0.4) is 0 Å². The molecule has 1 aliphatic rings. The third kappa shape index (κ3) is 6.74. The highest BCUT2D eigenvalue weighted by molar-refractivity contribution is 5.72. The molecule has 1 rings (SSSR count). The van der Waals surface area contributed by atoms with Crippen LogP contribution in [0.15, 0.2) is 0 Å². The van der Waals surface area contributed by atoms with E-state index < -0.39 is 0 Å². The minimum absolute atomic E-state index is 0.0126. The number of hydrogen-bond acceptors (Lipinski definition) is 3. The molecule has 1 fully saturated rings. The van der Waals surface area contributed by atoms with E-state index in [1.165, 1.54) is 12.8 Å². The minimum atomic E-state index is -0.0302. The molecule has 0 saturated carbocycles. The molecule has 1 heterocycles. The van der Waals surface area contributed by atoms with Crippen molar-refractivity contribution in [1.29, 1.82) is 0 Å². The zero-order valence-electron chi connectivity index (χ0n) is 17.0. The van der Waals surface area contributed by atoms with Gasteiger partial charge in [-0.2, -0.15) is 0 Å². The summed E-state index contributed by atoms with van der Waals surface area (Å²) in [6.07, 6.45) is 6.44. The quantitative estimate of drug-likeness (QED) is 0.637. The molecule has 3 nitrogen and oxygen atoms in total. The van der Waals surface area contributed by atoms with Crippen molar-refractivity contribution in [2.24, 2.45) is 29.6 Å². The Morgan fingerprint density at radius 2 is 1.71 bits per heavy atom. The van der Waals surface area contributed by atoms with Crippen LogP contribution in [-0.2, 0) is 14.3 Å². The predicted molar refractivity (Wildman–Crippen MR) is 99.9 cm³/mol. The Morgan fingerprint density at radius 3 is 2.29 bits per heavy atom. The molecule has 0 radical (unpaired) electrons. The number of methoxy groups -OCH3 is 1. The molecule has 0 aromatic carbocycles.